The molecular weight excluding hydrogens is 230 g/mol. The number of nitrogen functional groups attached to an aromatic ring is 1. The van der Waals surface area contributed by atoms with Gasteiger partial charge in [0.15, 0.2) is 11.5 Å². The highest BCUT2D eigenvalue weighted by atomic mass is 16.7. The zero-order valence-electron chi connectivity index (χ0n) is 9.72. The summed E-state index contributed by atoms with van der Waals surface area (Å²) in [7, 11) is 0. The second-order valence-electron chi connectivity index (χ2n) is 4.05. The average Bonchev–Trinajstić information content (AvgIpc) is 2.84. The summed E-state index contributed by atoms with van der Waals surface area (Å²) in [4.78, 5) is 4.02. The van der Waals surface area contributed by atoms with Crippen LogP contribution in [0.2, 0.25) is 0 Å². The van der Waals surface area contributed by atoms with Crippen LogP contribution in [0, 0.1) is 0 Å². The SMILES string of the molecule is Nc1cncc(NCc2ccc3c(c2)OCO3)c1. The molecular formula is C13H13N3O2. The fourth-order valence-electron chi connectivity index (χ4n) is 1.81. The molecule has 1 aromatic heterocycles. The number of pyridine rings is 1. The fourth-order valence-corrected chi connectivity index (χ4v) is 1.81. The molecule has 3 N–H and O–H groups in total. The predicted octanol–water partition coefficient (Wildman–Crippen LogP) is 2.00. The van der Waals surface area contributed by atoms with Gasteiger partial charge < -0.3 is 20.5 Å². The molecule has 0 atom stereocenters. The van der Waals surface area contributed by atoms with Crippen molar-refractivity contribution in [1.82, 2.24) is 4.98 Å². The van der Waals surface area contributed by atoms with E-state index < -0.39 is 0 Å². The topological polar surface area (TPSA) is 69.4 Å². The van der Waals surface area contributed by atoms with E-state index in [1.807, 2.05) is 24.3 Å². The molecule has 1 aromatic carbocycles. The van der Waals surface area contributed by atoms with Crippen molar-refractivity contribution in [1.29, 1.82) is 0 Å². The Morgan fingerprint density at radius 1 is 1.17 bits per heavy atom. The summed E-state index contributed by atoms with van der Waals surface area (Å²) in [6.45, 7) is 0.979. The monoisotopic (exact) mass is 243 g/mol. The Balaban J connectivity index is 1.70. The Labute approximate surface area is 105 Å². The maximum absolute atomic E-state index is 5.66. The number of nitrogens with one attached hydrogen (secondary N) is 1. The smallest absolute Gasteiger partial charge is 0.231 e. The number of anilines is 2. The molecule has 0 spiro atoms. The first kappa shape index (κ1) is 10.7. The Kier molecular flexibility index (Phi) is 2.64. The van der Waals surface area contributed by atoms with E-state index in [1.54, 1.807) is 12.4 Å². The van der Waals surface area contributed by atoms with E-state index in [-0.39, 0.29) is 0 Å². The van der Waals surface area contributed by atoms with Gasteiger partial charge in [0.05, 0.1) is 17.6 Å². The molecule has 0 amide bonds. The summed E-state index contributed by atoms with van der Waals surface area (Å²) in [6.07, 6.45) is 3.36. The van der Waals surface area contributed by atoms with Gasteiger partial charge >= 0.3 is 0 Å². The minimum Gasteiger partial charge on any atom is -0.454 e. The summed E-state index contributed by atoms with van der Waals surface area (Å²) in [5, 5.41) is 3.25. The Bertz CT molecular complexity index is 572. The lowest BCUT2D eigenvalue weighted by Gasteiger charge is -2.07. The highest BCUT2D eigenvalue weighted by Gasteiger charge is 2.12. The lowest BCUT2D eigenvalue weighted by molar-refractivity contribution is 0.174. The molecule has 92 valence electrons. The van der Waals surface area contributed by atoms with Crippen LogP contribution in [0.25, 0.3) is 0 Å². The van der Waals surface area contributed by atoms with Crippen molar-refractivity contribution >= 4 is 11.4 Å². The molecule has 2 heterocycles. The third-order valence-electron chi connectivity index (χ3n) is 2.69. The van der Waals surface area contributed by atoms with Gasteiger partial charge in [0.1, 0.15) is 0 Å². The number of benzene rings is 1. The molecule has 0 unspecified atom stereocenters. The highest BCUT2D eigenvalue weighted by molar-refractivity contribution is 5.52. The quantitative estimate of drug-likeness (QED) is 0.863. The largest absolute Gasteiger partial charge is 0.454 e. The van der Waals surface area contributed by atoms with Crippen LogP contribution >= 0.6 is 0 Å². The number of nitrogens with two attached hydrogens (primary N) is 1. The number of ether oxygens (including phenoxy) is 2. The molecule has 0 aliphatic carbocycles. The number of hydrogen-bond acceptors (Lipinski definition) is 5. The van der Waals surface area contributed by atoms with Crippen molar-refractivity contribution in [2.24, 2.45) is 0 Å². The van der Waals surface area contributed by atoms with Crippen LogP contribution < -0.4 is 20.5 Å². The molecule has 18 heavy (non-hydrogen) atoms. The molecule has 2 aromatic rings. The van der Waals surface area contributed by atoms with E-state index in [0.29, 0.717) is 19.0 Å². The van der Waals surface area contributed by atoms with Gasteiger partial charge in [-0.05, 0) is 23.8 Å². The van der Waals surface area contributed by atoms with Crippen LogP contribution in [0.15, 0.2) is 36.7 Å². The average molecular weight is 243 g/mol. The summed E-state index contributed by atoms with van der Waals surface area (Å²) < 4.78 is 10.6. The van der Waals surface area contributed by atoms with Gasteiger partial charge in [-0.25, -0.2) is 0 Å². The normalized spacial score (nSPS) is 12.4. The zero-order valence-corrected chi connectivity index (χ0v) is 9.72. The van der Waals surface area contributed by atoms with Crippen LogP contribution in [-0.2, 0) is 6.54 Å². The molecule has 3 rings (SSSR count). The van der Waals surface area contributed by atoms with Gasteiger partial charge in [-0.3, -0.25) is 4.98 Å². The molecule has 1 aliphatic rings. The van der Waals surface area contributed by atoms with Gasteiger partial charge in [-0.1, -0.05) is 6.07 Å². The minimum atomic E-state index is 0.297. The van der Waals surface area contributed by atoms with Gasteiger partial charge in [-0.15, -0.1) is 0 Å². The lowest BCUT2D eigenvalue weighted by atomic mass is 10.2. The van der Waals surface area contributed by atoms with E-state index >= 15 is 0 Å². The second-order valence-corrected chi connectivity index (χ2v) is 4.05. The minimum absolute atomic E-state index is 0.297. The maximum Gasteiger partial charge on any atom is 0.231 e. The number of nitrogens with zero attached hydrogens (tertiary/aromatic N) is 1. The van der Waals surface area contributed by atoms with Crippen LogP contribution in [0.4, 0.5) is 11.4 Å². The number of rotatable bonds is 3. The van der Waals surface area contributed by atoms with Gasteiger partial charge in [-0.2, -0.15) is 0 Å². The van der Waals surface area contributed by atoms with E-state index in [9.17, 15) is 0 Å². The summed E-state index contributed by atoms with van der Waals surface area (Å²) in [5.41, 5.74) is 8.32. The first-order valence-corrected chi connectivity index (χ1v) is 5.64. The first-order valence-electron chi connectivity index (χ1n) is 5.64. The van der Waals surface area contributed by atoms with Crippen molar-refractivity contribution in [3.63, 3.8) is 0 Å². The number of fused-ring (bicyclic) bond motifs is 1. The van der Waals surface area contributed by atoms with Crippen LogP contribution in [0.1, 0.15) is 5.56 Å². The Hall–Kier alpha value is -2.43. The van der Waals surface area contributed by atoms with E-state index in [4.69, 9.17) is 15.2 Å². The molecule has 5 nitrogen and oxygen atoms in total. The predicted molar refractivity (Wildman–Crippen MR) is 68.5 cm³/mol. The van der Waals surface area contributed by atoms with E-state index in [1.165, 1.54) is 0 Å². The van der Waals surface area contributed by atoms with Gasteiger partial charge in [0, 0.05) is 12.7 Å². The van der Waals surface area contributed by atoms with E-state index in [0.717, 1.165) is 22.7 Å². The maximum atomic E-state index is 5.66. The standard InChI is InChI=1S/C13H13N3O2/c14-10-4-11(7-15-6-10)16-5-9-1-2-12-13(3-9)18-8-17-12/h1-4,6-7,16H,5,8,14H2. The van der Waals surface area contributed by atoms with Crippen molar-refractivity contribution in [2.45, 2.75) is 6.54 Å². The molecule has 0 radical (unpaired) electrons. The second kappa shape index (κ2) is 4.44. The van der Waals surface area contributed by atoms with Crippen molar-refractivity contribution in [3.8, 4) is 11.5 Å². The molecule has 1 aliphatic heterocycles. The molecule has 5 heteroatoms. The van der Waals surface area contributed by atoms with Crippen molar-refractivity contribution in [3.05, 3.63) is 42.2 Å². The van der Waals surface area contributed by atoms with Crippen LogP contribution in [0.3, 0.4) is 0 Å². The summed E-state index contributed by atoms with van der Waals surface area (Å²) >= 11 is 0. The molecule has 0 bridgehead atoms. The third kappa shape index (κ3) is 2.15. The molecule has 0 fully saturated rings. The van der Waals surface area contributed by atoms with Crippen LogP contribution in [0.5, 0.6) is 11.5 Å². The Morgan fingerprint density at radius 2 is 2.06 bits per heavy atom. The summed E-state index contributed by atoms with van der Waals surface area (Å²) in [5.74, 6) is 1.59. The number of hydrogen-bond donors (Lipinski definition) is 2. The van der Waals surface area contributed by atoms with Crippen molar-refractivity contribution in [2.75, 3.05) is 17.8 Å². The van der Waals surface area contributed by atoms with Gasteiger partial charge in [0.25, 0.3) is 0 Å². The lowest BCUT2D eigenvalue weighted by Crippen LogP contribution is -2.00. The van der Waals surface area contributed by atoms with Crippen molar-refractivity contribution < 1.29 is 9.47 Å². The fraction of sp³-hybridized carbons (Fsp3) is 0.154. The highest BCUT2D eigenvalue weighted by Crippen LogP contribution is 2.32. The zero-order chi connectivity index (χ0) is 12.4. The molecule has 0 saturated carbocycles. The Morgan fingerprint density at radius 3 is 2.94 bits per heavy atom. The number of aromatic nitrogens is 1. The van der Waals surface area contributed by atoms with Gasteiger partial charge in [0.2, 0.25) is 6.79 Å². The van der Waals surface area contributed by atoms with Crippen LogP contribution in [-0.4, -0.2) is 11.8 Å². The third-order valence-corrected chi connectivity index (χ3v) is 2.69. The summed E-state index contributed by atoms with van der Waals surface area (Å²) in [6, 6.07) is 7.73. The molecule has 0 saturated heterocycles. The van der Waals surface area contributed by atoms with E-state index in [2.05, 4.69) is 10.3 Å². The first-order chi connectivity index (χ1) is 8.81.